The molecule has 0 saturated carbocycles. The fraction of sp³-hybridized carbons (Fsp3) is 0.688. The van der Waals surface area contributed by atoms with Gasteiger partial charge in [0, 0.05) is 25.0 Å². The van der Waals surface area contributed by atoms with E-state index in [0.717, 1.165) is 25.8 Å². The summed E-state index contributed by atoms with van der Waals surface area (Å²) in [5, 5.41) is 8.96. The van der Waals surface area contributed by atoms with Gasteiger partial charge in [-0.2, -0.15) is 5.26 Å². The highest BCUT2D eigenvalue weighted by Crippen LogP contribution is 2.22. The molecule has 1 rings (SSSR count). The highest BCUT2D eigenvalue weighted by molar-refractivity contribution is 5.15. The Balaban J connectivity index is 2.37. The predicted octanol–water partition coefficient (Wildman–Crippen LogP) is 3.86. The number of hydrogen-bond donors (Lipinski definition) is 1. The zero-order chi connectivity index (χ0) is 14.5. The van der Waals surface area contributed by atoms with Gasteiger partial charge < -0.3 is 10.3 Å². The molecule has 1 aromatic rings. The molecule has 0 bridgehead atoms. The van der Waals surface area contributed by atoms with Crippen LogP contribution in [0.4, 0.5) is 0 Å². The van der Waals surface area contributed by atoms with Crippen molar-refractivity contribution in [2.24, 2.45) is 17.1 Å². The van der Waals surface area contributed by atoms with Crippen LogP contribution in [0.1, 0.15) is 58.6 Å². The minimum atomic E-state index is -0.193. The molecule has 1 aromatic heterocycles. The lowest BCUT2D eigenvalue weighted by atomic mass is 9.89. The number of nitriles is 1. The lowest BCUT2D eigenvalue weighted by Gasteiger charge is -2.15. The summed E-state index contributed by atoms with van der Waals surface area (Å²) < 4.78 is 2.21. The van der Waals surface area contributed by atoms with Gasteiger partial charge in [-0.3, -0.25) is 0 Å². The normalized spacial score (nSPS) is 13.5. The zero-order valence-electron chi connectivity index (χ0n) is 12.7. The number of unbranched alkanes of at least 4 members (excludes halogenated alkanes) is 1. The topological polar surface area (TPSA) is 54.7 Å². The van der Waals surface area contributed by atoms with Crippen LogP contribution in [0.25, 0.3) is 0 Å². The van der Waals surface area contributed by atoms with Crippen molar-refractivity contribution in [2.75, 3.05) is 0 Å². The van der Waals surface area contributed by atoms with Crippen LogP contribution in [0, 0.1) is 22.7 Å². The Kier molecular flexibility index (Phi) is 5.62. The summed E-state index contributed by atoms with van der Waals surface area (Å²) in [4.78, 5) is 0. The average Bonchev–Trinajstić information content (AvgIpc) is 2.82. The van der Waals surface area contributed by atoms with E-state index in [1.807, 2.05) is 13.8 Å². The van der Waals surface area contributed by atoms with Crippen molar-refractivity contribution >= 4 is 0 Å². The van der Waals surface area contributed by atoms with Gasteiger partial charge in [0.1, 0.15) is 0 Å². The first-order valence-corrected chi connectivity index (χ1v) is 7.18. The molecular formula is C16H27N3. The highest BCUT2D eigenvalue weighted by Gasteiger charge is 2.15. The first-order valence-electron chi connectivity index (χ1n) is 7.18. The maximum atomic E-state index is 8.96. The van der Waals surface area contributed by atoms with Gasteiger partial charge in [-0.15, -0.1) is 0 Å². The molecule has 2 N–H and O–H groups in total. The summed E-state index contributed by atoms with van der Waals surface area (Å²) in [7, 11) is 0. The Labute approximate surface area is 117 Å². The van der Waals surface area contributed by atoms with E-state index in [1.165, 1.54) is 5.56 Å². The molecular weight excluding hydrogens is 234 g/mol. The van der Waals surface area contributed by atoms with Crippen LogP contribution in [0.2, 0.25) is 0 Å². The van der Waals surface area contributed by atoms with Crippen molar-refractivity contribution in [2.45, 2.75) is 59.5 Å². The van der Waals surface area contributed by atoms with Gasteiger partial charge in [-0.05, 0) is 44.2 Å². The number of nitrogens with two attached hydrogens (primary N) is 1. The van der Waals surface area contributed by atoms with E-state index in [0.29, 0.717) is 5.92 Å². The first kappa shape index (κ1) is 15.8. The molecule has 0 aromatic carbocycles. The van der Waals surface area contributed by atoms with Crippen molar-refractivity contribution in [3.8, 4) is 6.07 Å². The molecule has 3 heteroatoms. The van der Waals surface area contributed by atoms with Crippen molar-refractivity contribution in [3.05, 3.63) is 24.0 Å². The second kappa shape index (κ2) is 6.77. The van der Waals surface area contributed by atoms with Crippen LogP contribution in [0.5, 0.6) is 0 Å². The maximum Gasteiger partial charge on any atom is 0.0683 e. The fourth-order valence-electron chi connectivity index (χ4n) is 2.10. The van der Waals surface area contributed by atoms with Gasteiger partial charge in [0.05, 0.1) is 11.5 Å². The summed E-state index contributed by atoms with van der Waals surface area (Å²) in [6, 6.07) is 4.59. The average molecular weight is 261 g/mol. The van der Waals surface area contributed by atoms with E-state index in [-0.39, 0.29) is 11.5 Å². The summed E-state index contributed by atoms with van der Waals surface area (Å²) in [5.41, 5.74) is 7.15. The van der Waals surface area contributed by atoms with Crippen LogP contribution in [-0.2, 0) is 6.54 Å². The molecule has 19 heavy (non-hydrogen) atoms. The molecule has 3 nitrogen and oxygen atoms in total. The van der Waals surface area contributed by atoms with Crippen LogP contribution in [0.15, 0.2) is 18.5 Å². The molecule has 1 atom stereocenters. The monoisotopic (exact) mass is 261 g/mol. The Morgan fingerprint density at radius 2 is 2.05 bits per heavy atom. The molecule has 0 aliphatic heterocycles. The standard InChI is InChI=1S/C16H27N3/c1-13(2)15(18)14-7-10-19(11-14)9-6-5-8-16(3,4)12-17/h7,10-11,13,15H,5-6,8-9,18H2,1-4H3. The minimum absolute atomic E-state index is 0.124. The highest BCUT2D eigenvalue weighted by atomic mass is 14.9. The third kappa shape index (κ3) is 5.08. The fourth-order valence-corrected chi connectivity index (χ4v) is 2.10. The number of aromatic nitrogens is 1. The molecule has 0 amide bonds. The first-order chi connectivity index (χ1) is 8.85. The molecule has 0 aliphatic carbocycles. The van der Waals surface area contributed by atoms with Crippen LogP contribution in [0.3, 0.4) is 0 Å². The minimum Gasteiger partial charge on any atom is -0.354 e. The van der Waals surface area contributed by atoms with E-state index in [2.05, 4.69) is 42.9 Å². The van der Waals surface area contributed by atoms with Crippen LogP contribution < -0.4 is 5.73 Å². The van der Waals surface area contributed by atoms with Gasteiger partial charge in [0.15, 0.2) is 0 Å². The number of hydrogen-bond acceptors (Lipinski definition) is 2. The van der Waals surface area contributed by atoms with E-state index in [1.54, 1.807) is 0 Å². The maximum absolute atomic E-state index is 8.96. The third-order valence-electron chi connectivity index (χ3n) is 3.65. The quantitative estimate of drug-likeness (QED) is 0.758. The Morgan fingerprint density at radius 1 is 1.37 bits per heavy atom. The van der Waals surface area contributed by atoms with Gasteiger partial charge >= 0.3 is 0 Å². The molecule has 0 saturated heterocycles. The molecule has 0 spiro atoms. The van der Waals surface area contributed by atoms with Crippen molar-refractivity contribution < 1.29 is 0 Å². The van der Waals surface area contributed by atoms with Crippen molar-refractivity contribution in [1.82, 2.24) is 4.57 Å². The molecule has 1 unspecified atom stereocenters. The van der Waals surface area contributed by atoms with Crippen LogP contribution in [-0.4, -0.2) is 4.57 Å². The van der Waals surface area contributed by atoms with E-state index < -0.39 is 0 Å². The third-order valence-corrected chi connectivity index (χ3v) is 3.65. The Hall–Kier alpha value is -1.27. The van der Waals surface area contributed by atoms with Gasteiger partial charge in [0.2, 0.25) is 0 Å². The van der Waals surface area contributed by atoms with Crippen molar-refractivity contribution in [3.63, 3.8) is 0 Å². The molecule has 0 radical (unpaired) electrons. The van der Waals surface area contributed by atoms with E-state index >= 15 is 0 Å². The predicted molar refractivity (Wildman–Crippen MR) is 79.4 cm³/mol. The second-order valence-electron chi connectivity index (χ2n) is 6.41. The van der Waals surface area contributed by atoms with Crippen LogP contribution >= 0.6 is 0 Å². The van der Waals surface area contributed by atoms with Gasteiger partial charge in [0.25, 0.3) is 0 Å². The lowest BCUT2D eigenvalue weighted by Crippen LogP contribution is -2.15. The zero-order valence-corrected chi connectivity index (χ0v) is 12.7. The van der Waals surface area contributed by atoms with Gasteiger partial charge in [-0.25, -0.2) is 0 Å². The number of nitrogens with zero attached hydrogens (tertiary/aromatic N) is 2. The smallest absolute Gasteiger partial charge is 0.0683 e. The molecule has 106 valence electrons. The summed E-state index contributed by atoms with van der Waals surface area (Å²) in [5.74, 6) is 0.465. The summed E-state index contributed by atoms with van der Waals surface area (Å²) >= 11 is 0. The van der Waals surface area contributed by atoms with E-state index in [4.69, 9.17) is 11.0 Å². The largest absolute Gasteiger partial charge is 0.354 e. The van der Waals surface area contributed by atoms with Crippen molar-refractivity contribution in [1.29, 1.82) is 5.26 Å². The molecule has 1 heterocycles. The Morgan fingerprint density at radius 3 is 2.63 bits per heavy atom. The Bertz CT molecular complexity index is 423. The summed E-state index contributed by atoms with van der Waals surface area (Å²) in [6.07, 6.45) is 7.41. The second-order valence-corrected chi connectivity index (χ2v) is 6.41. The van der Waals surface area contributed by atoms with E-state index in [9.17, 15) is 0 Å². The SMILES string of the molecule is CC(C)C(N)c1ccn(CCCCC(C)(C)C#N)c1. The lowest BCUT2D eigenvalue weighted by molar-refractivity contribution is 0.417. The number of rotatable bonds is 7. The number of aryl methyl sites for hydroxylation is 1. The molecule has 0 aliphatic rings. The molecule has 0 fully saturated rings. The van der Waals surface area contributed by atoms with Gasteiger partial charge in [-0.1, -0.05) is 20.3 Å². The summed E-state index contributed by atoms with van der Waals surface area (Å²) in [6.45, 7) is 9.30.